The SMILES string of the molecule is CC(C(=O)OC1CC(=O)NC1=O)c1ccccc1-c1cccc2c(C(=O)[O-])c3ccccc3[n+](C)c12.O=S(=O)([O-])F. The molecule has 2 heterocycles. The smallest absolute Gasteiger partial charge is 0.313 e. The van der Waals surface area contributed by atoms with Gasteiger partial charge in [-0.15, -0.1) is 3.89 Å². The number of imide groups is 1. The summed E-state index contributed by atoms with van der Waals surface area (Å²) in [5, 5.41) is 15.4. The number of nitrogens with one attached hydrogen (secondary N) is 1. The van der Waals surface area contributed by atoms with Crippen LogP contribution < -0.4 is 15.0 Å². The normalized spacial score (nSPS) is 15.7. The summed E-state index contributed by atoms with van der Waals surface area (Å²) in [5.41, 5.74) is 3.58. The first-order valence-corrected chi connectivity index (χ1v) is 13.4. The number of pyridine rings is 1. The van der Waals surface area contributed by atoms with E-state index in [0.29, 0.717) is 21.9 Å². The molecule has 0 aliphatic carbocycles. The highest BCUT2D eigenvalue weighted by atomic mass is 32.3. The molecule has 13 heteroatoms. The zero-order valence-electron chi connectivity index (χ0n) is 21.6. The number of carbonyl (C=O) groups excluding carboxylic acids is 4. The minimum atomic E-state index is -5.42. The van der Waals surface area contributed by atoms with E-state index in [2.05, 4.69) is 5.32 Å². The third-order valence-electron chi connectivity index (χ3n) is 6.63. The van der Waals surface area contributed by atoms with Crippen molar-refractivity contribution in [3.63, 3.8) is 0 Å². The average molecular weight is 582 g/mol. The fraction of sp³-hybridized carbons (Fsp3) is 0.179. The Balaban J connectivity index is 0.000000714. The largest absolute Gasteiger partial charge is 0.722 e. The summed E-state index contributed by atoms with van der Waals surface area (Å²) in [4.78, 5) is 48.6. The van der Waals surface area contributed by atoms with Crippen LogP contribution in [0.1, 0.15) is 35.2 Å². The molecule has 11 nitrogen and oxygen atoms in total. The van der Waals surface area contributed by atoms with E-state index >= 15 is 0 Å². The van der Waals surface area contributed by atoms with E-state index in [9.17, 15) is 28.2 Å². The number of carbonyl (C=O) groups is 4. The Hall–Kier alpha value is -4.75. The Bertz CT molecular complexity index is 1830. The molecule has 2 unspecified atom stereocenters. The van der Waals surface area contributed by atoms with Gasteiger partial charge in [0, 0.05) is 11.6 Å². The summed E-state index contributed by atoms with van der Waals surface area (Å²) in [6.07, 6.45) is -1.34. The quantitative estimate of drug-likeness (QED) is 0.0911. The maximum absolute atomic E-state index is 13.0. The van der Waals surface area contributed by atoms with Gasteiger partial charge in [-0.05, 0) is 36.2 Å². The molecule has 5 rings (SSSR count). The van der Waals surface area contributed by atoms with Crippen LogP contribution in [0.25, 0.3) is 32.9 Å². The van der Waals surface area contributed by atoms with Gasteiger partial charge >= 0.3 is 5.97 Å². The summed E-state index contributed by atoms with van der Waals surface area (Å²) in [5.74, 6) is -3.78. The number of aromatic carboxylic acids is 1. The molecule has 0 radical (unpaired) electrons. The second-order valence-corrected chi connectivity index (χ2v) is 9.97. The Morgan fingerprint density at radius 2 is 1.59 bits per heavy atom. The summed E-state index contributed by atoms with van der Waals surface area (Å²) in [7, 11) is -3.55. The second-order valence-electron chi connectivity index (χ2n) is 9.18. The fourth-order valence-electron chi connectivity index (χ4n) is 4.90. The number of esters is 1. The van der Waals surface area contributed by atoms with E-state index in [0.717, 1.165) is 16.6 Å². The van der Waals surface area contributed by atoms with Crippen molar-refractivity contribution in [1.82, 2.24) is 5.32 Å². The van der Waals surface area contributed by atoms with Crippen LogP contribution in [0.2, 0.25) is 0 Å². The Morgan fingerprint density at radius 3 is 2.22 bits per heavy atom. The molecule has 0 spiro atoms. The standard InChI is InChI=1S/C28H22N2O6.FHO3S/c1-15(28(35)36-22-14-23(31)29-26(22)32)16-8-3-4-9-17(16)18-11-7-12-20-24(27(33)34)19-10-5-6-13-21(19)30(2)25(18)20;1-5(2,3)4/h3-13,15,22H,14H2,1-2H3,(H-,29,31,32,33,34);(H,2,3,4)/p-1. The number of amides is 2. The first kappa shape index (κ1) is 29.2. The molecule has 212 valence electrons. The van der Waals surface area contributed by atoms with E-state index in [4.69, 9.17) is 17.7 Å². The van der Waals surface area contributed by atoms with Gasteiger partial charge in [0.25, 0.3) is 16.4 Å². The lowest BCUT2D eigenvalue weighted by Gasteiger charge is -2.18. The number of aryl methyl sites for hydroxylation is 1. The molecule has 1 N–H and O–H groups in total. The van der Waals surface area contributed by atoms with Crippen molar-refractivity contribution in [3.8, 4) is 11.1 Å². The van der Waals surface area contributed by atoms with Gasteiger partial charge in [-0.1, -0.05) is 42.5 Å². The minimum absolute atomic E-state index is 0.0994. The monoisotopic (exact) mass is 581 g/mol. The number of halogens is 1. The van der Waals surface area contributed by atoms with Crippen LogP contribution >= 0.6 is 0 Å². The Morgan fingerprint density at radius 1 is 1.00 bits per heavy atom. The molecule has 3 aromatic carbocycles. The van der Waals surface area contributed by atoms with Gasteiger partial charge in [0.15, 0.2) is 6.10 Å². The topological polar surface area (TPSA) is 174 Å². The Labute approximate surface area is 233 Å². The molecule has 2 atom stereocenters. The molecule has 41 heavy (non-hydrogen) atoms. The van der Waals surface area contributed by atoms with Gasteiger partial charge in [0.05, 0.1) is 34.6 Å². The van der Waals surface area contributed by atoms with Crippen LogP contribution in [0.4, 0.5) is 3.89 Å². The number of carboxylic acid groups (broad SMARTS) is 1. The van der Waals surface area contributed by atoms with Gasteiger partial charge in [-0.2, -0.15) is 4.57 Å². The third kappa shape index (κ3) is 6.21. The number of hydrogen-bond acceptors (Lipinski definition) is 9. The average Bonchev–Trinajstić information content (AvgIpc) is 3.22. The van der Waals surface area contributed by atoms with Gasteiger partial charge in [-0.25, -0.2) is 8.42 Å². The van der Waals surface area contributed by atoms with Crippen LogP contribution in [-0.2, 0) is 36.7 Å². The van der Waals surface area contributed by atoms with E-state index < -0.39 is 46.3 Å². The molecule has 0 bridgehead atoms. The van der Waals surface area contributed by atoms with E-state index in [-0.39, 0.29) is 12.0 Å². The van der Waals surface area contributed by atoms with E-state index in [1.54, 1.807) is 43.3 Å². The van der Waals surface area contributed by atoms with Crippen molar-refractivity contribution in [2.45, 2.75) is 25.4 Å². The van der Waals surface area contributed by atoms with Crippen molar-refractivity contribution in [3.05, 3.63) is 77.9 Å². The third-order valence-corrected chi connectivity index (χ3v) is 6.63. The van der Waals surface area contributed by atoms with Gasteiger partial charge < -0.3 is 19.2 Å². The number of para-hydroxylation sites is 2. The molecule has 4 aromatic rings. The molecular weight excluding hydrogens is 559 g/mol. The number of hydrogen-bond donors (Lipinski definition) is 1. The maximum Gasteiger partial charge on any atom is 0.313 e. The number of fused-ring (bicyclic) bond motifs is 2. The lowest BCUT2D eigenvalue weighted by atomic mass is 9.89. The summed E-state index contributed by atoms with van der Waals surface area (Å²) in [6.45, 7) is 1.67. The van der Waals surface area contributed by atoms with Crippen molar-refractivity contribution in [1.29, 1.82) is 0 Å². The molecule has 1 aromatic heterocycles. The first-order chi connectivity index (χ1) is 19.3. The van der Waals surface area contributed by atoms with Gasteiger partial charge in [0.2, 0.25) is 16.9 Å². The van der Waals surface area contributed by atoms with Crippen molar-refractivity contribution >= 4 is 56.1 Å². The van der Waals surface area contributed by atoms with Crippen molar-refractivity contribution in [2.24, 2.45) is 7.05 Å². The fourth-order valence-corrected chi connectivity index (χ4v) is 4.90. The number of rotatable bonds is 5. The summed E-state index contributed by atoms with van der Waals surface area (Å²) < 4.78 is 42.6. The second kappa shape index (κ2) is 11.4. The summed E-state index contributed by atoms with van der Waals surface area (Å²) >= 11 is 0. The van der Waals surface area contributed by atoms with Crippen molar-refractivity contribution in [2.75, 3.05) is 0 Å². The first-order valence-electron chi connectivity index (χ1n) is 12.1. The zero-order valence-corrected chi connectivity index (χ0v) is 22.4. The predicted octanol–water partition coefficient (Wildman–Crippen LogP) is 1.33. The lowest BCUT2D eigenvalue weighted by molar-refractivity contribution is -0.617. The minimum Gasteiger partial charge on any atom is -0.722 e. The predicted molar refractivity (Wildman–Crippen MR) is 139 cm³/mol. The number of ether oxygens (including phenoxy) is 1. The van der Waals surface area contributed by atoms with Crippen LogP contribution in [0, 0.1) is 0 Å². The maximum atomic E-state index is 13.0. The number of aromatic nitrogens is 1. The van der Waals surface area contributed by atoms with Crippen LogP contribution in [0.15, 0.2) is 66.7 Å². The zero-order chi connectivity index (χ0) is 30.1. The number of carboxylic acids is 1. The highest BCUT2D eigenvalue weighted by Gasteiger charge is 2.35. The highest BCUT2D eigenvalue weighted by Crippen LogP contribution is 2.36. The molecule has 2 amide bonds. The lowest BCUT2D eigenvalue weighted by Crippen LogP contribution is -2.33. The van der Waals surface area contributed by atoms with E-state index in [1.807, 2.05) is 41.9 Å². The molecule has 1 saturated heterocycles. The van der Waals surface area contributed by atoms with Crippen molar-refractivity contribution < 1.29 is 50.4 Å². The van der Waals surface area contributed by atoms with Gasteiger partial charge in [0.1, 0.15) is 7.05 Å². The van der Waals surface area contributed by atoms with Crippen LogP contribution in [-0.4, -0.2) is 42.8 Å². The Kier molecular flexibility index (Phi) is 8.12. The summed E-state index contributed by atoms with van der Waals surface area (Å²) in [6, 6.07) is 19.9. The van der Waals surface area contributed by atoms with Gasteiger partial charge in [-0.3, -0.25) is 19.7 Å². The van der Waals surface area contributed by atoms with Crippen LogP contribution in [0.5, 0.6) is 0 Å². The van der Waals surface area contributed by atoms with E-state index in [1.165, 1.54) is 0 Å². The molecular formula is C28H22FN2O9S-. The molecule has 1 aliphatic heterocycles. The number of benzene rings is 3. The number of nitrogens with zero attached hydrogens (tertiary/aromatic N) is 1. The molecule has 1 aliphatic rings. The van der Waals surface area contributed by atoms with Crippen LogP contribution in [0.3, 0.4) is 0 Å². The molecule has 0 saturated carbocycles. The highest BCUT2D eigenvalue weighted by molar-refractivity contribution is 7.80. The molecule has 1 fully saturated rings.